The first-order valence-corrected chi connectivity index (χ1v) is 26.6. The Morgan fingerprint density at radius 1 is 0.875 bits per heavy atom. The summed E-state index contributed by atoms with van der Waals surface area (Å²) in [5.74, 6) is -1.08. The van der Waals surface area contributed by atoms with Crippen molar-refractivity contribution in [1.82, 2.24) is 45.6 Å². The predicted molar refractivity (Wildman–Crippen MR) is 235 cm³/mol. The van der Waals surface area contributed by atoms with Gasteiger partial charge in [0, 0.05) is 70.5 Å². The minimum Gasteiger partial charge on any atom is -0.377 e. The minimum absolute atomic E-state index is 0.0889. The van der Waals surface area contributed by atoms with Crippen LogP contribution in [0.3, 0.4) is 0 Å². The van der Waals surface area contributed by atoms with Crippen molar-refractivity contribution in [2.45, 2.75) is 120 Å². The Morgan fingerprint density at radius 3 is 2.41 bits per heavy atom. The van der Waals surface area contributed by atoms with Crippen LogP contribution in [0.1, 0.15) is 89.9 Å². The molecule has 21 heteroatoms. The fourth-order valence-corrected chi connectivity index (χ4v) is 14.0. The number of ether oxygens (including phenoxy) is 1. The van der Waals surface area contributed by atoms with Crippen molar-refractivity contribution in [1.29, 1.82) is 0 Å². The highest BCUT2D eigenvalue weighted by atomic mass is 32.2. The van der Waals surface area contributed by atoms with E-state index >= 15 is 0 Å². The maximum Gasteiger partial charge on any atom is 0.249 e. The molecule has 0 bridgehead atoms. The first-order chi connectivity index (χ1) is 30.7. The van der Waals surface area contributed by atoms with E-state index in [1.165, 1.54) is 30.0 Å². The van der Waals surface area contributed by atoms with Crippen molar-refractivity contribution in [2.75, 3.05) is 71.0 Å². The van der Waals surface area contributed by atoms with E-state index in [-0.39, 0.29) is 67.1 Å². The molecule has 8 aliphatic rings. The molecule has 2 aliphatic carbocycles. The zero-order valence-corrected chi connectivity index (χ0v) is 38.6. The number of piperazine rings is 1. The van der Waals surface area contributed by atoms with E-state index in [4.69, 9.17) is 4.74 Å². The van der Waals surface area contributed by atoms with Crippen molar-refractivity contribution >= 4 is 63.1 Å². The molecule has 6 heterocycles. The summed E-state index contributed by atoms with van der Waals surface area (Å²) in [4.78, 5) is 95.1. The average Bonchev–Trinajstić information content (AvgIpc) is 4.04. The van der Waals surface area contributed by atoms with Gasteiger partial charge in [-0.15, -0.1) is 11.8 Å². The van der Waals surface area contributed by atoms with Crippen LogP contribution < -0.4 is 26.6 Å². The molecule has 0 aromatic heterocycles. The molecule has 6 saturated heterocycles. The number of thioether (sulfide) groups is 1. The number of likely N-dealkylation sites (tertiary alicyclic amines) is 1. The van der Waals surface area contributed by atoms with Crippen molar-refractivity contribution in [3.8, 4) is 0 Å². The zero-order chi connectivity index (χ0) is 45.1. The maximum atomic E-state index is 13.5. The topological polar surface area (TPSA) is 236 Å². The normalized spacial score (nSPS) is 35.6. The van der Waals surface area contributed by atoms with Crippen molar-refractivity contribution in [2.24, 2.45) is 35.5 Å². The molecule has 19 nitrogen and oxygen atoms in total. The van der Waals surface area contributed by atoms with Gasteiger partial charge in [-0.2, -0.15) is 0 Å². The fourth-order valence-electron chi connectivity index (χ4n) is 11.8. The van der Waals surface area contributed by atoms with Crippen molar-refractivity contribution < 1.29 is 46.7 Å². The highest BCUT2D eigenvalue weighted by Gasteiger charge is 2.56. The Labute approximate surface area is 380 Å². The van der Waals surface area contributed by atoms with Gasteiger partial charge in [-0.25, -0.2) is 12.7 Å². The Balaban J connectivity index is 0.716. The zero-order valence-electron chi connectivity index (χ0n) is 37.0. The maximum absolute atomic E-state index is 13.5. The molecule has 11 unspecified atom stereocenters. The van der Waals surface area contributed by atoms with Gasteiger partial charge in [0.1, 0.15) is 11.5 Å². The summed E-state index contributed by atoms with van der Waals surface area (Å²) in [7, 11) is -3.34. The molecule has 0 aromatic rings. The number of rotatable bonds is 14. The van der Waals surface area contributed by atoms with E-state index in [9.17, 15) is 42.0 Å². The monoisotopic (exact) mass is 933 g/mol. The number of amides is 7. The largest absolute Gasteiger partial charge is 0.377 e. The number of hydrogen-bond acceptors (Lipinski definition) is 14. The molecule has 0 aromatic carbocycles. The van der Waals surface area contributed by atoms with E-state index < -0.39 is 51.7 Å². The molecule has 0 spiro atoms. The van der Waals surface area contributed by atoms with E-state index in [1.807, 2.05) is 4.90 Å². The lowest BCUT2D eigenvalue weighted by Gasteiger charge is -2.45. The molecule has 8 fully saturated rings. The van der Waals surface area contributed by atoms with Crippen LogP contribution in [0.4, 0.5) is 0 Å². The van der Waals surface area contributed by atoms with Gasteiger partial charge in [0.2, 0.25) is 51.4 Å². The number of imide groups is 2. The lowest BCUT2D eigenvalue weighted by atomic mass is 9.70. The molecule has 2 saturated carbocycles. The fraction of sp³-hybridized carbons (Fsp3) is 0.837. The van der Waals surface area contributed by atoms with Crippen LogP contribution in [0.5, 0.6) is 0 Å². The summed E-state index contributed by atoms with van der Waals surface area (Å²) >= 11 is 1.69. The summed E-state index contributed by atoms with van der Waals surface area (Å²) in [6.07, 6.45) is 11.5. The molecule has 6 aliphatic heterocycles. The minimum atomic E-state index is -3.34. The van der Waals surface area contributed by atoms with Crippen molar-refractivity contribution in [3.63, 3.8) is 0 Å². The van der Waals surface area contributed by atoms with Crippen LogP contribution in [0, 0.1) is 35.5 Å². The third kappa shape index (κ3) is 11.0. The van der Waals surface area contributed by atoms with E-state index in [0.717, 1.165) is 55.8 Å². The Morgan fingerprint density at radius 2 is 1.64 bits per heavy atom. The smallest absolute Gasteiger partial charge is 0.249 e. The van der Waals surface area contributed by atoms with Crippen LogP contribution in [0.15, 0.2) is 0 Å². The van der Waals surface area contributed by atoms with Crippen molar-refractivity contribution in [3.05, 3.63) is 0 Å². The van der Waals surface area contributed by atoms with Gasteiger partial charge in [-0.1, -0.05) is 19.3 Å². The van der Waals surface area contributed by atoms with Gasteiger partial charge in [-0.3, -0.25) is 54.0 Å². The van der Waals surface area contributed by atoms with Gasteiger partial charge in [0.25, 0.3) is 0 Å². The average molecular weight is 934 g/mol. The Bertz CT molecular complexity index is 1900. The van der Waals surface area contributed by atoms with Crippen LogP contribution in [0.2, 0.25) is 0 Å². The van der Waals surface area contributed by atoms with E-state index in [2.05, 4.69) is 31.5 Å². The van der Waals surface area contributed by atoms with Gasteiger partial charge >= 0.3 is 0 Å². The predicted octanol–water partition coefficient (Wildman–Crippen LogP) is -0.479. The van der Waals surface area contributed by atoms with Crippen LogP contribution in [-0.4, -0.2) is 170 Å². The third-order valence-corrected chi connectivity index (χ3v) is 17.7. The lowest BCUT2D eigenvalue weighted by molar-refractivity contribution is -0.152. The number of fused-ring (bicyclic) bond motifs is 1. The summed E-state index contributed by atoms with van der Waals surface area (Å²) in [6, 6.07) is -0.649. The number of sulfonamides is 1. The Hall–Kier alpha value is -3.21. The summed E-state index contributed by atoms with van der Waals surface area (Å²) in [5.41, 5.74) is -0.215. The second-order valence-electron chi connectivity index (χ2n) is 19.3. The first kappa shape index (κ1) is 47.3. The molecule has 8 rings (SSSR count). The highest BCUT2D eigenvalue weighted by Crippen LogP contribution is 2.43. The standard InChI is InChI=1S/C43H67N9O10S2/c1-64(60,61)51-15-13-29(24-51)39(56)45-23-36(54)48-43-46-31(25-63-43)28-6-2-5-26(21-28)27-12-14-44-34(22-27)49-16-18-50(19-17-49)37(55)9-4-20-62-33-8-3-7-30-38(33)42(59)52(41(30)58)32-10-11-35(53)47-40(32)57/h26-34,38,43-44,46H,2-25H2,1H3,(H,45,56)(H,48,54)(H,47,53,57). The molecule has 5 N–H and O–H groups in total. The summed E-state index contributed by atoms with van der Waals surface area (Å²) in [5, 5.41) is 15.4. The molecular formula is C43H67N9O10S2. The molecule has 0 radical (unpaired) electrons. The molecule has 64 heavy (non-hydrogen) atoms. The number of nitrogens with zero attached hydrogens (tertiary/aromatic N) is 4. The summed E-state index contributed by atoms with van der Waals surface area (Å²) in [6.45, 7) is 4.58. The van der Waals surface area contributed by atoms with E-state index in [1.54, 1.807) is 11.8 Å². The van der Waals surface area contributed by atoms with Crippen LogP contribution >= 0.6 is 11.8 Å². The number of hydrogen-bond donors (Lipinski definition) is 5. The number of carbonyl (C=O) groups is 7. The molecular weight excluding hydrogens is 867 g/mol. The number of piperidine rings is 2. The number of nitrogens with one attached hydrogen (secondary N) is 5. The molecule has 356 valence electrons. The quantitative estimate of drug-likeness (QED) is 0.109. The first-order valence-electron chi connectivity index (χ1n) is 23.7. The van der Waals surface area contributed by atoms with Gasteiger partial charge < -0.3 is 25.6 Å². The van der Waals surface area contributed by atoms with Gasteiger partial charge in [0.05, 0.1) is 42.8 Å². The van der Waals surface area contributed by atoms with Gasteiger partial charge in [0.15, 0.2) is 0 Å². The van der Waals surface area contributed by atoms with Gasteiger partial charge in [-0.05, 0) is 82.1 Å². The second-order valence-corrected chi connectivity index (χ2v) is 22.4. The Kier molecular flexibility index (Phi) is 15.3. The summed E-state index contributed by atoms with van der Waals surface area (Å²) < 4.78 is 31.1. The number of carbonyl (C=O) groups excluding carboxylic acids is 7. The molecule has 7 amide bonds. The highest BCUT2D eigenvalue weighted by molar-refractivity contribution is 8.00. The third-order valence-electron chi connectivity index (χ3n) is 15.3. The lowest BCUT2D eigenvalue weighted by Crippen LogP contribution is -2.58. The SMILES string of the molecule is CS(=O)(=O)N1CCC(C(=O)NCC(=O)NC2NC(C3CCCC(C4CCNC(N5CCN(C(=O)CCCOC6CCCC7C(=O)N(C8CCC(=O)NC8=O)C(=O)C67)CC5)C4)C3)CS2)C1. The second kappa shape index (κ2) is 20.8. The van der Waals surface area contributed by atoms with E-state index in [0.29, 0.717) is 82.1 Å². The van der Waals surface area contributed by atoms with Crippen LogP contribution in [-0.2, 0) is 48.3 Å². The molecule has 11 atom stereocenters. The van der Waals surface area contributed by atoms with Crippen LogP contribution in [0.25, 0.3) is 0 Å².